The van der Waals surface area contributed by atoms with Crippen LogP contribution < -0.4 is 5.32 Å². The summed E-state index contributed by atoms with van der Waals surface area (Å²) in [6.07, 6.45) is 1.06. The average Bonchev–Trinajstić information content (AvgIpc) is 3.05. The molecule has 0 spiro atoms. The molecule has 0 aliphatic heterocycles. The Hall–Kier alpha value is -2.54. The van der Waals surface area contributed by atoms with E-state index in [0.29, 0.717) is 6.54 Å². The van der Waals surface area contributed by atoms with Gasteiger partial charge in [-0.2, -0.15) is 0 Å². The van der Waals surface area contributed by atoms with Gasteiger partial charge in [0.25, 0.3) is 0 Å². The predicted octanol–water partition coefficient (Wildman–Crippen LogP) is 2.72. The Balaban J connectivity index is 1.73. The number of fused-ring (bicyclic) bond motifs is 1. The molecule has 0 atom stereocenters. The first-order valence-corrected chi connectivity index (χ1v) is 9.29. The fourth-order valence-corrected chi connectivity index (χ4v) is 3.00. The molecule has 3 rings (SSSR count). The lowest BCUT2D eigenvalue weighted by Gasteiger charge is -2.17. The normalized spacial score (nSPS) is 11.4. The smallest absolute Gasteiger partial charge is 0.184 e. The molecule has 1 N–H and O–H groups in total. The first-order chi connectivity index (χ1) is 12.7. The Morgan fingerprint density at radius 3 is 2.58 bits per heavy atom. The van der Waals surface area contributed by atoms with Crippen molar-refractivity contribution in [2.45, 2.75) is 33.7 Å². The van der Waals surface area contributed by atoms with Gasteiger partial charge in [-0.1, -0.05) is 49.4 Å². The summed E-state index contributed by atoms with van der Waals surface area (Å²) in [5, 5.41) is 12.0. The van der Waals surface area contributed by atoms with Gasteiger partial charge >= 0.3 is 0 Å². The van der Waals surface area contributed by atoms with Gasteiger partial charge in [0, 0.05) is 6.54 Å². The molecule has 7 nitrogen and oxygen atoms in total. The average molecular weight is 353 g/mol. The molecule has 1 aromatic carbocycles. The van der Waals surface area contributed by atoms with Crippen molar-refractivity contribution in [3.63, 3.8) is 0 Å². The summed E-state index contributed by atoms with van der Waals surface area (Å²) in [5.74, 6) is 1.49. The highest BCUT2D eigenvalue weighted by Gasteiger charge is 2.13. The van der Waals surface area contributed by atoms with Gasteiger partial charge in [0.1, 0.15) is 5.82 Å². The third kappa shape index (κ3) is 4.35. The van der Waals surface area contributed by atoms with E-state index in [1.54, 1.807) is 0 Å². The number of nitrogens with zero attached hydrogens (tertiary/aromatic N) is 6. The summed E-state index contributed by atoms with van der Waals surface area (Å²) < 4.78 is 1.83. The largest absolute Gasteiger partial charge is 0.368 e. The van der Waals surface area contributed by atoms with Crippen molar-refractivity contribution < 1.29 is 0 Å². The molecule has 3 aromatic rings. The van der Waals surface area contributed by atoms with Gasteiger partial charge in [-0.15, -0.1) is 5.10 Å². The summed E-state index contributed by atoms with van der Waals surface area (Å²) >= 11 is 0. The lowest BCUT2D eigenvalue weighted by Crippen LogP contribution is -2.25. The van der Waals surface area contributed by atoms with Crippen molar-refractivity contribution in [1.82, 2.24) is 29.9 Å². The molecule has 0 saturated carbocycles. The zero-order valence-electron chi connectivity index (χ0n) is 15.8. The zero-order chi connectivity index (χ0) is 18.4. The summed E-state index contributed by atoms with van der Waals surface area (Å²) in [4.78, 5) is 11.5. The second kappa shape index (κ2) is 8.71. The van der Waals surface area contributed by atoms with Gasteiger partial charge in [-0.3, -0.25) is 0 Å². The highest BCUT2D eigenvalue weighted by atomic mass is 15.4. The maximum atomic E-state index is 4.55. The maximum Gasteiger partial charge on any atom is 0.184 e. The summed E-state index contributed by atoms with van der Waals surface area (Å²) in [5.41, 5.74) is 2.67. The number of aryl methyl sites for hydroxylation is 1. The minimum Gasteiger partial charge on any atom is -0.368 e. The molecule has 0 amide bonds. The summed E-state index contributed by atoms with van der Waals surface area (Å²) in [6.45, 7) is 11.0. The molecule has 2 aromatic heterocycles. The first-order valence-electron chi connectivity index (χ1n) is 9.29. The number of benzene rings is 1. The molecule has 7 heteroatoms. The Morgan fingerprint density at radius 2 is 1.85 bits per heavy atom. The van der Waals surface area contributed by atoms with Crippen LogP contribution in [0.4, 0.5) is 5.82 Å². The quantitative estimate of drug-likeness (QED) is 0.597. The highest BCUT2D eigenvalue weighted by Crippen LogP contribution is 2.18. The van der Waals surface area contributed by atoms with Crippen molar-refractivity contribution in [2.75, 3.05) is 31.5 Å². The van der Waals surface area contributed by atoms with Crippen LogP contribution in [0.1, 0.15) is 31.7 Å². The summed E-state index contributed by atoms with van der Waals surface area (Å²) in [7, 11) is 0. The van der Waals surface area contributed by atoms with Crippen LogP contribution in [0.25, 0.3) is 11.2 Å². The SMILES string of the molecule is CCN(CC)CCCNc1nc(C)nc2c1nnn2Cc1ccccc1. The Kier molecular flexibility index (Phi) is 6.12. The van der Waals surface area contributed by atoms with E-state index in [-0.39, 0.29) is 0 Å². The van der Waals surface area contributed by atoms with E-state index in [4.69, 9.17) is 0 Å². The lowest BCUT2D eigenvalue weighted by atomic mass is 10.2. The predicted molar refractivity (Wildman–Crippen MR) is 104 cm³/mol. The van der Waals surface area contributed by atoms with Crippen LogP contribution in [0.15, 0.2) is 30.3 Å². The van der Waals surface area contributed by atoms with Gasteiger partial charge in [0.2, 0.25) is 0 Å². The molecule has 0 radical (unpaired) electrons. The second-order valence-electron chi connectivity index (χ2n) is 6.33. The van der Waals surface area contributed by atoms with Gasteiger partial charge in [-0.05, 0) is 38.5 Å². The number of rotatable bonds is 9. The van der Waals surface area contributed by atoms with Crippen LogP contribution in [-0.2, 0) is 6.54 Å². The van der Waals surface area contributed by atoms with Crippen molar-refractivity contribution in [3.05, 3.63) is 41.7 Å². The molecule has 0 bridgehead atoms. The Morgan fingerprint density at radius 1 is 1.08 bits per heavy atom. The number of hydrogen-bond donors (Lipinski definition) is 1. The monoisotopic (exact) mass is 353 g/mol. The Bertz CT molecular complexity index is 825. The molecule has 0 saturated heterocycles. The van der Waals surface area contributed by atoms with E-state index in [1.807, 2.05) is 29.8 Å². The van der Waals surface area contributed by atoms with Crippen molar-refractivity contribution >= 4 is 17.0 Å². The van der Waals surface area contributed by atoms with Crippen molar-refractivity contribution in [2.24, 2.45) is 0 Å². The minimum atomic E-state index is 0.648. The van der Waals surface area contributed by atoms with E-state index >= 15 is 0 Å². The molecule has 138 valence electrons. The second-order valence-corrected chi connectivity index (χ2v) is 6.33. The number of nitrogens with one attached hydrogen (secondary N) is 1. The van der Waals surface area contributed by atoms with Crippen molar-refractivity contribution in [3.8, 4) is 0 Å². The van der Waals surface area contributed by atoms with E-state index < -0.39 is 0 Å². The number of aromatic nitrogens is 5. The third-order valence-corrected chi connectivity index (χ3v) is 4.49. The molecule has 2 heterocycles. The molecule has 26 heavy (non-hydrogen) atoms. The van der Waals surface area contributed by atoms with Crippen LogP contribution in [0.3, 0.4) is 0 Å². The van der Waals surface area contributed by atoms with Gasteiger partial charge in [0.15, 0.2) is 17.0 Å². The fourth-order valence-electron chi connectivity index (χ4n) is 3.00. The Labute approximate surface area is 154 Å². The highest BCUT2D eigenvalue weighted by molar-refractivity contribution is 5.82. The van der Waals surface area contributed by atoms with Gasteiger partial charge in [0.05, 0.1) is 6.54 Å². The van der Waals surface area contributed by atoms with Gasteiger partial charge < -0.3 is 10.2 Å². The third-order valence-electron chi connectivity index (χ3n) is 4.49. The lowest BCUT2D eigenvalue weighted by molar-refractivity contribution is 0.303. The molecule has 0 fully saturated rings. The van der Waals surface area contributed by atoms with E-state index in [9.17, 15) is 0 Å². The van der Waals surface area contributed by atoms with E-state index in [1.165, 1.54) is 5.56 Å². The van der Waals surface area contributed by atoms with Crippen LogP contribution in [0.5, 0.6) is 0 Å². The molecule has 0 aliphatic carbocycles. The summed E-state index contributed by atoms with van der Waals surface area (Å²) in [6, 6.07) is 10.2. The first kappa shape index (κ1) is 18.3. The van der Waals surface area contributed by atoms with Crippen LogP contribution in [0.2, 0.25) is 0 Å². The standard InChI is InChI=1S/C19H27N7/c1-4-25(5-2)13-9-12-20-18-17-19(22-15(3)21-18)26(24-23-17)14-16-10-7-6-8-11-16/h6-8,10-11H,4-5,9,12-14H2,1-3H3,(H,20,21,22). The van der Waals surface area contributed by atoms with E-state index in [0.717, 1.165) is 55.4 Å². The van der Waals surface area contributed by atoms with Crippen LogP contribution >= 0.6 is 0 Å². The van der Waals surface area contributed by atoms with Gasteiger partial charge in [-0.25, -0.2) is 14.6 Å². The van der Waals surface area contributed by atoms with Crippen LogP contribution in [0, 0.1) is 6.92 Å². The molecular weight excluding hydrogens is 326 g/mol. The number of anilines is 1. The molecular formula is C19H27N7. The molecule has 0 aliphatic rings. The van der Waals surface area contributed by atoms with E-state index in [2.05, 4.69) is 56.5 Å². The zero-order valence-corrected chi connectivity index (χ0v) is 15.8. The van der Waals surface area contributed by atoms with Crippen LogP contribution in [-0.4, -0.2) is 56.0 Å². The topological polar surface area (TPSA) is 71.8 Å². The molecule has 0 unspecified atom stereocenters. The fraction of sp³-hybridized carbons (Fsp3) is 0.474. The number of hydrogen-bond acceptors (Lipinski definition) is 6. The minimum absolute atomic E-state index is 0.648. The van der Waals surface area contributed by atoms with Crippen molar-refractivity contribution in [1.29, 1.82) is 0 Å². The maximum absolute atomic E-state index is 4.55.